The molecule has 1 aliphatic heterocycles. The number of fused-ring (bicyclic) bond motifs is 1. The zero-order valence-electron chi connectivity index (χ0n) is 21.0. The van der Waals surface area contributed by atoms with Crippen molar-refractivity contribution in [3.8, 4) is 11.3 Å². The van der Waals surface area contributed by atoms with Gasteiger partial charge in [-0.25, -0.2) is 13.2 Å². The number of carboxylic acids is 1. The second-order valence-electron chi connectivity index (χ2n) is 8.86. The molecular weight excluding hydrogens is 551 g/mol. The van der Waals surface area contributed by atoms with E-state index in [2.05, 4.69) is 15.0 Å². The van der Waals surface area contributed by atoms with Crippen LogP contribution < -0.4 is 0 Å². The average Bonchev–Trinajstić information content (AvgIpc) is 3.39. The number of aromatic amines is 1. The van der Waals surface area contributed by atoms with Gasteiger partial charge in [-0.05, 0) is 37.3 Å². The van der Waals surface area contributed by atoms with E-state index in [-0.39, 0.29) is 23.4 Å². The molecule has 1 unspecified atom stereocenters. The predicted octanol–water partition coefficient (Wildman–Crippen LogP) is 3.79. The summed E-state index contributed by atoms with van der Waals surface area (Å²) in [5, 5.41) is 7.71. The van der Waals surface area contributed by atoms with Crippen LogP contribution in [0.3, 0.4) is 0 Å². The van der Waals surface area contributed by atoms with Gasteiger partial charge in [0.15, 0.2) is 0 Å². The first kappa shape index (κ1) is 28.7. The number of amides is 1. The molecule has 210 valence electrons. The molecule has 1 aliphatic rings. The van der Waals surface area contributed by atoms with Crippen LogP contribution in [0.25, 0.3) is 22.2 Å². The highest BCUT2D eigenvalue weighted by atomic mass is 32.2. The number of rotatable bonds is 4. The molecule has 3 aromatic heterocycles. The number of hydrogen-bond acceptors (Lipinski definition) is 6. The van der Waals surface area contributed by atoms with Crippen molar-refractivity contribution in [3.63, 3.8) is 0 Å². The van der Waals surface area contributed by atoms with Gasteiger partial charge in [-0.1, -0.05) is 18.2 Å². The molecule has 40 heavy (non-hydrogen) atoms. The quantitative estimate of drug-likeness (QED) is 0.378. The van der Waals surface area contributed by atoms with Crippen molar-refractivity contribution in [2.24, 2.45) is 0 Å². The molecule has 1 aromatic carbocycles. The SMILES string of the molecule is CC1CN(C(=O)c2ccccc2)CCN1S(=O)(=O)c1c[nH]c2c(-c3cccnc3)nccc12.O=C(O)C(F)(F)F. The van der Waals surface area contributed by atoms with Gasteiger partial charge in [-0.2, -0.15) is 17.5 Å². The standard InChI is InChI=1S/C24H23N5O3S.C2HF3O2/c1-17-16-28(24(30)18-6-3-2-4-7-18)12-13-29(17)33(31,32)21-15-27-23-20(21)9-11-26-22(23)19-8-5-10-25-14-19;3-2(4,5)1(6)7/h2-11,14-15,17,27H,12-13,16H2,1H3;(H,6,7). The summed E-state index contributed by atoms with van der Waals surface area (Å²) in [6, 6.07) is 14.1. The molecule has 0 bridgehead atoms. The van der Waals surface area contributed by atoms with E-state index in [1.165, 1.54) is 10.5 Å². The van der Waals surface area contributed by atoms with Crippen molar-refractivity contribution in [1.29, 1.82) is 0 Å². The number of piperazine rings is 1. The van der Waals surface area contributed by atoms with E-state index in [0.717, 1.165) is 5.56 Å². The van der Waals surface area contributed by atoms with Crippen molar-refractivity contribution in [1.82, 2.24) is 24.2 Å². The Hall–Kier alpha value is -4.30. The number of nitrogens with one attached hydrogen (secondary N) is 1. The van der Waals surface area contributed by atoms with E-state index in [9.17, 15) is 26.4 Å². The van der Waals surface area contributed by atoms with E-state index < -0.39 is 22.2 Å². The fourth-order valence-electron chi connectivity index (χ4n) is 4.34. The number of benzene rings is 1. The van der Waals surface area contributed by atoms with Crippen molar-refractivity contribution in [2.45, 2.75) is 24.0 Å². The van der Waals surface area contributed by atoms with Gasteiger partial charge in [0, 0.05) is 67.0 Å². The van der Waals surface area contributed by atoms with Crippen LogP contribution in [0.2, 0.25) is 0 Å². The topological polar surface area (TPSA) is 137 Å². The number of sulfonamides is 1. The number of carbonyl (C=O) groups excluding carboxylic acids is 1. The van der Waals surface area contributed by atoms with E-state index in [1.807, 2.05) is 37.3 Å². The summed E-state index contributed by atoms with van der Waals surface area (Å²) in [5.41, 5.74) is 2.70. The van der Waals surface area contributed by atoms with Gasteiger partial charge in [-0.3, -0.25) is 14.8 Å². The summed E-state index contributed by atoms with van der Waals surface area (Å²) in [4.78, 5) is 35.3. The van der Waals surface area contributed by atoms with E-state index in [1.54, 1.807) is 41.7 Å². The van der Waals surface area contributed by atoms with Gasteiger partial charge < -0.3 is 15.0 Å². The van der Waals surface area contributed by atoms with E-state index >= 15 is 0 Å². The lowest BCUT2D eigenvalue weighted by atomic mass is 10.1. The number of aromatic nitrogens is 3. The fourth-order valence-corrected chi connectivity index (χ4v) is 6.11. The largest absolute Gasteiger partial charge is 0.490 e. The Labute approximate surface area is 227 Å². The third kappa shape index (κ3) is 5.97. The minimum Gasteiger partial charge on any atom is -0.475 e. The van der Waals surface area contributed by atoms with Gasteiger partial charge in [0.05, 0.1) is 11.2 Å². The van der Waals surface area contributed by atoms with E-state index in [0.29, 0.717) is 35.2 Å². The summed E-state index contributed by atoms with van der Waals surface area (Å²) in [6.45, 7) is 2.73. The molecule has 14 heteroatoms. The molecule has 4 heterocycles. The highest BCUT2D eigenvalue weighted by Crippen LogP contribution is 2.32. The number of alkyl halides is 3. The number of pyridine rings is 2. The molecule has 0 spiro atoms. The summed E-state index contributed by atoms with van der Waals surface area (Å²) in [7, 11) is -3.79. The molecule has 0 aliphatic carbocycles. The molecule has 1 atom stereocenters. The van der Waals surface area contributed by atoms with Crippen molar-refractivity contribution in [3.05, 3.63) is 78.9 Å². The lowest BCUT2D eigenvalue weighted by molar-refractivity contribution is -0.192. The Morgan fingerprint density at radius 3 is 2.35 bits per heavy atom. The molecule has 0 radical (unpaired) electrons. The number of nitrogens with zero attached hydrogens (tertiary/aromatic N) is 4. The minimum absolute atomic E-state index is 0.0845. The molecule has 1 saturated heterocycles. The van der Waals surface area contributed by atoms with Gasteiger partial charge in [0.2, 0.25) is 10.0 Å². The van der Waals surface area contributed by atoms with Crippen molar-refractivity contribution < 1.29 is 36.3 Å². The maximum absolute atomic E-state index is 13.6. The molecule has 0 saturated carbocycles. The van der Waals surface area contributed by atoms with Crippen LogP contribution in [0, 0.1) is 0 Å². The van der Waals surface area contributed by atoms with Crippen LogP contribution in [0.1, 0.15) is 17.3 Å². The van der Waals surface area contributed by atoms with Gasteiger partial charge in [0.25, 0.3) is 5.91 Å². The Balaban J connectivity index is 0.000000470. The molecule has 10 nitrogen and oxygen atoms in total. The number of aliphatic carboxylic acids is 1. The number of carbonyl (C=O) groups is 2. The summed E-state index contributed by atoms with van der Waals surface area (Å²) < 4.78 is 60.5. The van der Waals surface area contributed by atoms with Crippen LogP contribution in [-0.2, 0) is 14.8 Å². The monoisotopic (exact) mass is 575 g/mol. The molecule has 5 rings (SSSR count). The van der Waals surface area contributed by atoms with Crippen LogP contribution in [-0.4, -0.2) is 81.4 Å². The van der Waals surface area contributed by atoms with Gasteiger partial charge in [-0.15, -0.1) is 0 Å². The highest BCUT2D eigenvalue weighted by molar-refractivity contribution is 7.89. The smallest absolute Gasteiger partial charge is 0.475 e. The first-order valence-corrected chi connectivity index (χ1v) is 13.4. The summed E-state index contributed by atoms with van der Waals surface area (Å²) >= 11 is 0. The molecule has 2 N–H and O–H groups in total. The predicted molar refractivity (Wildman–Crippen MR) is 139 cm³/mol. The zero-order chi connectivity index (χ0) is 29.1. The van der Waals surface area contributed by atoms with Crippen LogP contribution in [0.5, 0.6) is 0 Å². The van der Waals surface area contributed by atoms with Crippen molar-refractivity contribution >= 4 is 32.8 Å². The summed E-state index contributed by atoms with van der Waals surface area (Å²) in [6.07, 6.45) is 1.42. The Bertz CT molecular complexity index is 1610. The van der Waals surface area contributed by atoms with Crippen LogP contribution in [0.15, 0.2) is 78.2 Å². The second-order valence-corrected chi connectivity index (χ2v) is 10.7. The lowest BCUT2D eigenvalue weighted by Gasteiger charge is -2.38. The Kier molecular flexibility index (Phi) is 8.21. The van der Waals surface area contributed by atoms with Crippen molar-refractivity contribution in [2.75, 3.05) is 19.6 Å². The van der Waals surface area contributed by atoms with E-state index in [4.69, 9.17) is 9.90 Å². The lowest BCUT2D eigenvalue weighted by Crippen LogP contribution is -2.55. The average molecular weight is 576 g/mol. The van der Waals surface area contributed by atoms with Crippen LogP contribution >= 0.6 is 0 Å². The first-order chi connectivity index (χ1) is 18.9. The molecule has 1 amide bonds. The minimum atomic E-state index is -5.08. The molecule has 4 aromatic rings. The first-order valence-electron chi connectivity index (χ1n) is 11.9. The fraction of sp³-hybridized carbons (Fsp3) is 0.231. The number of hydrogen-bond donors (Lipinski definition) is 2. The highest BCUT2D eigenvalue weighted by Gasteiger charge is 2.38. The van der Waals surface area contributed by atoms with Crippen LogP contribution in [0.4, 0.5) is 13.2 Å². The third-order valence-electron chi connectivity index (χ3n) is 6.20. The zero-order valence-corrected chi connectivity index (χ0v) is 21.9. The number of H-pyrrole nitrogens is 1. The molecule has 1 fully saturated rings. The van der Waals surface area contributed by atoms with Gasteiger partial charge in [0.1, 0.15) is 4.90 Å². The Morgan fingerprint density at radius 2 is 1.75 bits per heavy atom. The normalized spacial score (nSPS) is 16.3. The third-order valence-corrected chi connectivity index (χ3v) is 8.26. The number of carboxylic acid groups (broad SMARTS) is 1. The van der Waals surface area contributed by atoms with Gasteiger partial charge >= 0.3 is 12.1 Å². The molecular formula is C26H24F3N5O5S. The maximum Gasteiger partial charge on any atom is 0.490 e. The summed E-state index contributed by atoms with van der Waals surface area (Å²) in [5.74, 6) is -2.84. The second kappa shape index (κ2) is 11.4. The Morgan fingerprint density at radius 1 is 1.05 bits per heavy atom. The number of halogens is 3. The maximum atomic E-state index is 13.6.